The highest BCUT2D eigenvalue weighted by atomic mass is 16.6. The Bertz CT molecular complexity index is 776. The van der Waals surface area contributed by atoms with Crippen molar-refractivity contribution < 1.29 is 23.9 Å². The molecule has 2 aliphatic rings. The molecular formula is C23H32N2O5. The molecule has 0 spiro atoms. The number of hydrogen-bond acceptors (Lipinski definition) is 5. The minimum atomic E-state index is -0.590. The van der Waals surface area contributed by atoms with E-state index in [0.717, 1.165) is 12.2 Å². The van der Waals surface area contributed by atoms with E-state index in [1.165, 1.54) is 0 Å². The summed E-state index contributed by atoms with van der Waals surface area (Å²) in [6.45, 7) is 7.07. The van der Waals surface area contributed by atoms with Crippen LogP contribution in [0.15, 0.2) is 24.3 Å². The Morgan fingerprint density at radius 3 is 2.17 bits per heavy atom. The number of Topliss-reactive ketones (excluding diaryl/α,β-unsaturated/α-hetero) is 1. The van der Waals surface area contributed by atoms with Crippen molar-refractivity contribution >= 4 is 17.8 Å². The number of carbonyl (C=O) groups is 3. The van der Waals surface area contributed by atoms with Gasteiger partial charge in [0.05, 0.1) is 7.11 Å². The van der Waals surface area contributed by atoms with Gasteiger partial charge in [0, 0.05) is 31.1 Å². The second kappa shape index (κ2) is 9.06. The van der Waals surface area contributed by atoms with E-state index in [1.807, 2.05) is 20.8 Å². The van der Waals surface area contributed by atoms with E-state index in [2.05, 4.69) is 0 Å². The number of piperidine rings is 1. The summed E-state index contributed by atoms with van der Waals surface area (Å²) < 4.78 is 10.6. The van der Waals surface area contributed by atoms with Crippen LogP contribution in [0.3, 0.4) is 0 Å². The SMILES string of the molecule is COc1ccc(C(=O)C2CCN(C(=O)[C@H]3CCCN3C(=O)OC(C)(C)C)CC2)cc1. The maximum atomic E-state index is 13.1. The number of hydrogen-bond donors (Lipinski definition) is 0. The molecule has 2 aliphatic heterocycles. The zero-order valence-corrected chi connectivity index (χ0v) is 18.3. The molecule has 0 aliphatic carbocycles. The Kier molecular flexibility index (Phi) is 6.68. The number of carbonyl (C=O) groups excluding carboxylic acids is 3. The van der Waals surface area contributed by atoms with Gasteiger partial charge in [0.2, 0.25) is 5.91 Å². The lowest BCUT2D eigenvalue weighted by molar-refractivity contribution is -0.137. The molecule has 7 nitrogen and oxygen atoms in total. The third-order valence-corrected chi connectivity index (χ3v) is 5.72. The maximum Gasteiger partial charge on any atom is 0.410 e. The van der Waals surface area contributed by atoms with Crippen LogP contribution in [0, 0.1) is 5.92 Å². The van der Waals surface area contributed by atoms with Gasteiger partial charge in [-0.05, 0) is 70.7 Å². The van der Waals surface area contributed by atoms with Crippen LogP contribution >= 0.6 is 0 Å². The van der Waals surface area contributed by atoms with Crippen molar-refractivity contribution in [2.75, 3.05) is 26.7 Å². The third kappa shape index (κ3) is 5.12. The lowest BCUT2D eigenvalue weighted by Crippen LogP contribution is -2.51. The quantitative estimate of drug-likeness (QED) is 0.702. The molecule has 0 unspecified atom stereocenters. The summed E-state index contributed by atoms with van der Waals surface area (Å²) in [6.07, 6.45) is 2.29. The summed E-state index contributed by atoms with van der Waals surface area (Å²) >= 11 is 0. The molecule has 0 aromatic heterocycles. The normalized spacial score (nSPS) is 20.2. The van der Waals surface area contributed by atoms with Gasteiger partial charge in [-0.1, -0.05) is 0 Å². The van der Waals surface area contributed by atoms with Crippen LogP contribution in [-0.2, 0) is 9.53 Å². The zero-order valence-electron chi connectivity index (χ0n) is 18.3. The molecule has 2 saturated heterocycles. The van der Waals surface area contributed by atoms with Gasteiger partial charge in [-0.2, -0.15) is 0 Å². The molecule has 3 rings (SSSR count). The molecular weight excluding hydrogens is 384 g/mol. The maximum absolute atomic E-state index is 13.1. The van der Waals surface area contributed by atoms with Crippen molar-refractivity contribution in [3.8, 4) is 5.75 Å². The molecule has 0 N–H and O–H groups in total. The van der Waals surface area contributed by atoms with Crippen molar-refractivity contribution in [3.05, 3.63) is 29.8 Å². The predicted molar refractivity (Wildman–Crippen MR) is 113 cm³/mol. The first-order chi connectivity index (χ1) is 14.2. The highest BCUT2D eigenvalue weighted by Gasteiger charge is 2.39. The van der Waals surface area contributed by atoms with Gasteiger partial charge in [-0.25, -0.2) is 4.79 Å². The Morgan fingerprint density at radius 2 is 1.60 bits per heavy atom. The van der Waals surface area contributed by atoms with Crippen LogP contribution in [0.4, 0.5) is 4.79 Å². The van der Waals surface area contributed by atoms with Crippen molar-refractivity contribution in [1.82, 2.24) is 9.80 Å². The number of methoxy groups -OCH3 is 1. The molecule has 1 aromatic rings. The summed E-state index contributed by atoms with van der Waals surface area (Å²) in [5.74, 6) is 0.709. The molecule has 0 saturated carbocycles. The van der Waals surface area contributed by atoms with Crippen molar-refractivity contribution in [2.24, 2.45) is 5.92 Å². The zero-order chi connectivity index (χ0) is 21.9. The number of likely N-dealkylation sites (tertiary alicyclic amines) is 2. The highest BCUT2D eigenvalue weighted by Crippen LogP contribution is 2.27. The first kappa shape index (κ1) is 22.1. The fraction of sp³-hybridized carbons (Fsp3) is 0.609. The average molecular weight is 417 g/mol. The molecule has 30 heavy (non-hydrogen) atoms. The Labute approximate surface area is 178 Å². The summed E-state index contributed by atoms with van der Waals surface area (Å²) in [7, 11) is 1.60. The average Bonchev–Trinajstić information content (AvgIpc) is 3.22. The molecule has 164 valence electrons. The van der Waals surface area contributed by atoms with Crippen molar-refractivity contribution in [3.63, 3.8) is 0 Å². The van der Waals surface area contributed by atoms with Crippen molar-refractivity contribution in [2.45, 2.75) is 58.1 Å². The van der Waals surface area contributed by atoms with E-state index in [0.29, 0.717) is 44.5 Å². The highest BCUT2D eigenvalue weighted by molar-refractivity contribution is 5.98. The number of rotatable bonds is 4. The Hall–Kier alpha value is -2.57. The molecule has 2 fully saturated rings. The first-order valence-electron chi connectivity index (χ1n) is 10.7. The lowest BCUT2D eigenvalue weighted by Gasteiger charge is -2.35. The molecule has 1 aromatic carbocycles. The van der Waals surface area contributed by atoms with Crippen LogP contribution in [0.1, 0.15) is 56.8 Å². The molecule has 2 amide bonds. The molecule has 0 radical (unpaired) electrons. The van der Waals surface area contributed by atoms with Crippen LogP contribution in [0.25, 0.3) is 0 Å². The summed E-state index contributed by atoms with van der Waals surface area (Å²) in [4.78, 5) is 41.7. The topological polar surface area (TPSA) is 76.2 Å². The molecule has 0 bridgehead atoms. The number of benzene rings is 1. The van der Waals surface area contributed by atoms with Gasteiger partial charge in [0.1, 0.15) is 17.4 Å². The van der Waals surface area contributed by atoms with E-state index in [1.54, 1.807) is 41.2 Å². The minimum absolute atomic E-state index is 0.0336. The van der Waals surface area contributed by atoms with E-state index in [9.17, 15) is 14.4 Å². The summed E-state index contributed by atoms with van der Waals surface area (Å²) in [6, 6.07) is 6.69. The predicted octanol–water partition coefficient (Wildman–Crippen LogP) is 3.52. The number of ether oxygens (including phenoxy) is 2. The lowest BCUT2D eigenvalue weighted by atomic mass is 9.88. The molecule has 7 heteroatoms. The van der Waals surface area contributed by atoms with E-state index >= 15 is 0 Å². The number of ketones is 1. The van der Waals surface area contributed by atoms with Gasteiger partial charge in [0.15, 0.2) is 5.78 Å². The van der Waals surface area contributed by atoms with E-state index in [-0.39, 0.29) is 17.6 Å². The number of amides is 2. The Balaban J connectivity index is 1.56. The monoisotopic (exact) mass is 416 g/mol. The van der Waals surface area contributed by atoms with Gasteiger partial charge in [-0.15, -0.1) is 0 Å². The van der Waals surface area contributed by atoms with Crippen LogP contribution in [0.2, 0.25) is 0 Å². The second-order valence-corrected chi connectivity index (χ2v) is 9.02. The van der Waals surface area contributed by atoms with Gasteiger partial charge >= 0.3 is 6.09 Å². The third-order valence-electron chi connectivity index (χ3n) is 5.72. The minimum Gasteiger partial charge on any atom is -0.497 e. The molecule has 1 atom stereocenters. The van der Waals surface area contributed by atoms with E-state index < -0.39 is 17.7 Å². The van der Waals surface area contributed by atoms with Gasteiger partial charge < -0.3 is 14.4 Å². The fourth-order valence-corrected chi connectivity index (χ4v) is 4.13. The molecule has 2 heterocycles. The van der Waals surface area contributed by atoms with Crippen LogP contribution in [0.5, 0.6) is 5.75 Å². The largest absolute Gasteiger partial charge is 0.497 e. The number of nitrogens with zero attached hydrogens (tertiary/aromatic N) is 2. The standard InChI is InChI=1S/C23H32N2O5/c1-23(2,3)30-22(28)25-13-5-6-19(25)21(27)24-14-11-17(12-15-24)20(26)16-7-9-18(29-4)10-8-16/h7-10,17,19H,5-6,11-15H2,1-4H3/t19-/m1/s1. The summed E-state index contributed by atoms with van der Waals surface area (Å²) in [5, 5.41) is 0. The van der Waals surface area contributed by atoms with Gasteiger partial charge in [0.25, 0.3) is 0 Å². The summed E-state index contributed by atoms with van der Waals surface area (Å²) in [5.41, 5.74) is 0.0837. The fourth-order valence-electron chi connectivity index (χ4n) is 4.13. The second-order valence-electron chi connectivity index (χ2n) is 9.02. The van der Waals surface area contributed by atoms with Crippen molar-refractivity contribution in [1.29, 1.82) is 0 Å². The first-order valence-corrected chi connectivity index (χ1v) is 10.7. The van der Waals surface area contributed by atoms with Crippen LogP contribution in [-0.4, -0.2) is 66.0 Å². The van der Waals surface area contributed by atoms with Gasteiger partial charge in [-0.3, -0.25) is 14.5 Å². The smallest absolute Gasteiger partial charge is 0.410 e. The Morgan fingerprint density at radius 1 is 0.967 bits per heavy atom. The van der Waals surface area contributed by atoms with E-state index in [4.69, 9.17) is 9.47 Å². The van der Waals surface area contributed by atoms with Crippen LogP contribution < -0.4 is 4.74 Å².